The third kappa shape index (κ3) is 4.83. The molecule has 0 radical (unpaired) electrons. The number of carbonyl (C=O) groups is 1. The van der Waals surface area contributed by atoms with Crippen LogP contribution in [-0.4, -0.2) is 29.0 Å². The van der Waals surface area contributed by atoms with Gasteiger partial charge in [0, 0.05) is 12.6 Å². The Hall–Kier alpha value is -3.19. The van der Waals surface area contributed by atoms with E-state index < -0.39 is 5.91 Å². The Balaban J connectivity index is 1.90. The highest BCUT2D eigenvalue weighted by Gasteiger charge is 2.21. The third-order valence-corrected chi connectivity index (χ3v) is 5.51. The number of benzene rings is 2. The van der Waals surface area contributed by atoms with Crippen LogP contribution in [0.5, 0.6) is 11.5 Å². The minimum atomic E-state index is -0.468. The maximum absolute atomic E-state index is 13.1. The number of aromatic nitrogens is 2. The fourth-order valence-electron chi connectivity index (χ4n) is 3.29. The molecule has 1 N–H and O–H groups in total. The van der Waals surface area contributed by atoms with Crippen LogP contribution in [0.1, 0.15) is 36.3 Å². The van der Waals surface area contributed by atoms with Crippen molar-refractivity contribution in [2.45, 2.75) is 27.2 Å². The lowest BCUT2D eigenvalue weighted by Gasteiger charge is -2.15. The molecule has 32 heavy (non-hydrogen) atoms. The van der Waals surface area contributed by atoms with Crippen molar-refractivity contribution < 1.29 is 14.3 Å². The van der Waals surface area contributed by atoms with Gasteiger partial charge < -0.3 is 14.8 Å². The molecule has 0 bridgehead atoms. The van der Waals surface area contributed by atoms with Gasteiger partial charge >= 0.3 is 0 Å². The van der Waals surface area contributed by atoms with Crippen LogP contribution in [-0.2, 0) is 7.05 Å². The zero-order valence-corrected chi connectivity index (χ0v) is 19.7. The van der Waals surface area contributed by atoms with Gasteiger partial charge in [-0.1, -0.05) is 43.6 Å². The van der Waals surface area contributed by atoms with Gasteiger partial charge in [0.2, 0.25) is 0 Å². The maximum atomic E-state index is 13.1. The van der Waals surface area contributed by atoms with E-state index in [0.717, 1.165) is 6.42 Å². The van der Waals surface area contributed by atoms with E-state index in [1.165, 1.54) is 17.9 Å². The topological polar surface area (TPSA) is 74.5 Å². The molecule has 3 aromatic rings. The number of methoxy groups -OCH3 is 1. The third-order valence-electron chi connectivity index (χ3n) is 5.23. The smallest absolute Gasteiger partial charge is 0.295 e. The van der Waals surface area contributed by atoms with Gasteiger partial charge in [0.15, 0.2) is 11.5 Å². The molecule has 0 aliphatic rings. The second-order valence-electron chi connectivity index (χ2n) is 7.91. The van der Waals surface area contributed by atoms with Gasteiger partial charge in [0.25, 0.3) is 11.5 Å². The van der Waals surface area contributed by atoms with Gasteiger partial charge in [0.05, 0.1) is 30.1 Å². The van der Waals surface area contributed by atoms with Crippen LogP contribution >= 0.6 is 11.6 Å². The average Bonchev–Trinajstić information content (AvgIpc) is 2.97. The van der Waals surface area contributed by atoms with Crippen molar-refractivity contribution in [1.29, 1.82) is 0 Å². The lowest BCUT2D eigenvalue weighted by molar-refractivity contribution is 0.102. The summed E-state index contributed by atoms with van der Waals surface area (Å²) in [6.45, 7) is 6.47. The second kappa shape index (κ2) is 9.96. The summed E-state index contributed by atoms with van der Waals surface area (Å²) in [7, 11) is 3.26. The van der Waals surface area contributed by atoms with E-state index in [-0.39, 0.29) is 21.8 Å². The van der Waals surface area contributed by atoms with Crippen LogP contribution < -0.4 is 20.3 Å². The molecular formula is C24H28ClN3O4. The molecule has 1 heterocycles. The Morgan fingerprint density at radius 3 is 2.50 bits per heavy atom. The number of carbonyl (C=O) groups excluding carboxylic acids is 1. The summed E-state index contributed by atoms with van der Waals surface area (Å²) in [5, 5.41) is 3.00. The number of hydrogen-bond donors (Lipinski definition) is 1. The monoisotopic (exact) mass is 457 g/mol. The van der Waals surface area contributed by atoms with E-state index in [1.54, 1.807) is 24.7 Å². The van der Waals surface area contributed by atoms with Crippen LogP contribution in [0.2, 0.25) is 5.02 Å². The molecule has 0 atom stereocenters. The van der Waals surface area contributed by atoms with Crippen molar-refractivity contribution in [2.75, 3.05) is 19.0 Å². The summed E-state index contributed by atoms with van der Waals surface area (Å²) < 4.78 is 14.4. The number of anilines is 1. The van der Waals surface area contributed by atoms with Gasteiger partial charge in [-0.05, 0) is 43.5 Å². The molecule has 7 nitrogen and oxygen atoms in total. The fraction of sp³-hybridized carbons (Fsp3) is 0.333. The zero-order chi connectivity index (χ0) is 23.4. The summed E-state index contributed by atoms with van der Waals surface area (Å²) in [4.78, 5) is 26.0. The van der Waals surface area contributed by atoms with Crippen molar-refractivity contribution in [3.63, 3.8) is 0 Å². The second-order valence-corrected chi connectivity index (χ2v) is 8.32. The van der Waals surface area contributed by atoms with Gasteiger partial charge in [-0.15, -0.1) is 0 Å². The van der Waals surface area contributed by atoms with Crippen LogP contribution in [0.3, 0.4) is 0 Å². The first-order valence-electron chi connectivity index (χ1n) is 10.4. The van der Waals surface area contributed by atoms with E-state index >= 15 is 0 Å². The van der Waals surface area contributed by atoms with E-state index in [1.807, 2.05) is 30.3 Å². The van der Waals surface area contributed by atoms with Crippen LogP contribution in [0, 0.1) is 12.8 Å². The molecule has 8 heteroatoms. The van der Waals surface area contributed by atoms with E-state index in [9.17, 15) is 9.59 Å². The molecule has 170 valence electrons. The Bertz CT molecular complexity index is 1170. The number of halogens is 1. The molecule has 1 amide bonds. The Labute approximate surface area is 192 Å². The molecular weight excluding hydrogens is 430 g/mol. The molecule has 0 aliphatic heterocycles. The fourth-order valence-corrected chi connectivity index (χ4v) is 3.55. The van der Waals surface area contributed by atoms with E-state index in [4.69, 9.17) is 21.1 Å². The highest BCUT2D eigenvalue weighted by Crippen LogP contribution is 2.37. The SMILES string of the molecule is COc1cc(C(=O)Nc2c(C)n(C)n(-c3ccccc3)c2=O)cc(Cl)c1OCCC(C)C. The van der Waals surface area contributed by atoms with E-state index in [2.05, 4.69) is 19.2 Å². The number of ether oxygens (including phenoxy) is 2. The number of hydrogen-bond acceptors (Lipinski definition) is 4. The normalized spacial score (nSPS) is 11.0. The minimum absolute atomic E-state index is 0.203. The Morgan fingerprint density at radius 1 is 1.19 bits per heavy atom. The van der Waals surface area contributed by atoms with Gasteiger partial charge in [-0.3, -0.25) is 14.3 Å². The average molecular weight is 458 g/mol. The number of rotatable bonds is 8. The molecule has 2 aromatic carbocycles. The molecule has 1 aromatic heterocycles. The van der Waals surface area contributed by atoms with Crippen LogP contribution in [0.25, 0.3) is 5.69 Å². The predicted molar refractivity (Wildman–Crippen MR) is 127 cm³/mol. The lowest BCUT2D eigenvalue weighted by atomic mass is 10.1. The summed E-state index contributed by atoms with van der Waals surface area (Å²) >= 11 is 6.39. The Kier molecular flexibility index (Phi) is 7.30. The highest BCUT2D eigenvalue weighted by atomic mass is 35.5. The molecule has 0 fully saturated rings. The summed E-state index contributed by atoms with van der Waals surface area (Å²) in [6.07, 6.45) is 0.864. The van der Waals surface area contributed by atoms with Gasteiger partial charge in [-0.25, -0.2) is 4.68 Å². The first kappa shape index (κ1) is 23.5. The number of nitrogens with zero attached hydrogens (tertiary/aromatic N) is 2. The quantitative estimate of drug-likeness (QED) is 0.526. The number of nitrogens with one attached hydrogen (secondary N) is 1. The number of amides is 1. The van der Waals surface area contributed by atoms with Crippen molar-refractivity contribution in [1.82, 2.24) is 9.36 Å². The van der Waals surface area contributed by atoms with Crippen LogP contribution in [0.15, 0.2) is 47.3 Å². The zero-order valence-electron chi connectivity index (χ0n) is 18.9. The summed E-state index contributed by atoms with van der Waals surface area (Å²) in [6, 6.07) is 12.3. The first-order valence-corrected chi connectivity index (χ1v) is 10.8. The van der Waals surface area contributed by atoms with Crippen molar-refractivity contribution >= 4 is 23.2 Å². The van der Waals surface area contributed by atoms with Crippen molar-refractivity contribution in [3.05, 3.63) is 69.1 Å². The summed E-state index contributed by atoms with van der Waals surface area (Å²) in [5.41, 5.74) is 1.47. The van der Waals surface area contributed by atoms with Crippen molar-refractivity contribution in [2.24, 2.45) is 13.0 Å². The molecule has 0 saturated heterocycles. The van der Waals surface area contributed by atoms with Crippen LogP contribution in [0.4, 0.5) is 5.69 Å². The van der Waals surface area contributed by atoms with Crippen molar-refractivity contribution in [3.8, 4) is 17.2 Å². The standard InChI is InChI=1S/C24H28ClN3O4/c1-15(2)11-12-32-22-19(25)13-17(14-20(22)31-5)23(29)26-21-16(3)27(4)28(24(21)30)18-9-7-6-8-10-18/h6-10,13-15H,11-12H2,1-5H3,(H,26,29). The molecule has 0 spiro atoms. The Morgan fingerprint density at radius 2 is 1.88 bits per heavy atom. The summed E-state index contributed by atoms with van der Waals surface area (Å²) in [5.74, 6) is 0.774. The van der Waals surface area contributed by atoms with E-state index in [0.29, 0.717) is 35.4 Å². The first-order chi connectivity index (χ1) is 15.2. The number of para-hydroxylation sites is 1. The molecule has 3 rings (SSSR count). The molecule has 0 saturated carbocycles. The maximum Gasteiger partial charge on any atom is 0.295 e. The molecule has 0 aliphatic carbocycles. The van der Waals surface area contributed by atoms with Gasteiger partial charge in [-0.2, -0.15) is 0 Å². The minimum Gasteiger partial charge on any atom is -0.493 e. The molecule has 0 unspecified atom stereocenters. The lowest BCUT2D eigenvalue weighted by Crippen LogP contribution is -2.23. The largest absolute Gasteiger partial charge is 0.493 e. The highest BCUT2D eigenvalue weighted by molar-refractivity contribution is 6.32. The predicted octanol–water partition coefficient (Wildman–Crippen LogP) is 4.82. The van der Waals surface area contributed by atoms with Gasteiger partial charge in [0.1, 0.15) is 5.69 Å².